The Balaban J connectivity index is 2.03. The molecular formula is C14H16ClNO. The summed E-state index contributed by atoms with van der Waals surface area (Å²) in [5, 5.41) is 1.78. The summed E-state index contributed by atoms with van der Waals surface area (Å²) in [4.78, 5) is 0. The summed E-state index contributed by atoms with van der Waals surface area (Å²) in [5.74, 6) is 2.10. The van der Waals surface area contributed by atoms with Gasteiger partial charge in [0, 0.05) is 11.3 Å². The summed E-state index contributed by atoms with van der Waals surface area (Å²) in [7, 11) is 0. The molecule has 1 fully saturated rings. The molecule has 1 saturated carbocycles. The van der Waals surface area contributed by atoms with Crippen LogP contribution in [0.4, 0.5) is 0 Å². The van der Waals surface area contributed by atoms with Crippen molar-refractivity contribution in [3.63, 3.8) is 0 Å². The quantitative estimate of drug-likeness (QED) is 0.876. The molecule has 0 saturated heterocycles. The highest BCUT2D eigenvalue weighted by Crippen LogP contribution is 2.41. The van der Waals surface area contributed by atoms with Gasteiger partial charge in [-0.1, -0.05) is 30.2 Å². The number of benzene rings is 1. The van der Waals surface area contributed by atoms with Crippen molar-refractivity contribution in [1.29, 1.82) is 0 Å². The molecule has 3 rings (SSSR count). The Kier molecular flexibility index (Phi) is 2.85. The van der Waals surface area contributed by atoms with Gasteiger partial charge in [-0.2, -0.15) is 0 Å². The largest absolute Gasteiger partial charge is 0.459 e. The van der Waals surface area contributed by atoms with Gasteiger partial charge in [0.05, 0.1) is 5.02 Å². The first kappa shape index (κ1) is 11.1. The maximum atomic E-state index is 6.13. The number of hydrogen-bond donors (Lipinski definition) is 1. The molecule has 1 aliphatic rings. The molecule has 2 aromatic rings. The van der Waals surface area contributed by atoms with Gasteiger partial charge in [0.1, 0.15) is 5.76 Å². The molecule has 17 heavy (non-hydrogen) atoms. The molecular weight excluding hydrogens is 234 g/mol. The van der Waals surface area contributed by atoms with E-state index in [1.165, 1.54) is 19.3 Å². The van der Waals surface area contributed by atoms with E-state index in [1.54, 1.807) is 0 Å². The minimum Gasteiger partial charge on any atom is -0.459 e. The van der Waals surface area contributed by atoms with Crippen LogP contribution in [0, 0.1) is 5.92 Å². The monoisotopic (exact) mass is 249 g/mol. The first-order chi connectivity index (χ1) is 8.29. The van der Waals surface area contributed by atoms with Gasteiger partial charge in [0.25, 0.3) is 0 Å². The summed E-state index contributed by atoms with van der Waals surface area (Å²) in [5.41, 5.74) is 6.63. The lowest BCUT2D eigenvalue weighted by Gasteiger charge is -2.14. The second-order valence-corrected chi connectivity index (χ2v) is 5.25. The van der Waals surface area contributed by atoms with Crippen molar-refractivity contribution in [2.45, 2.75) is 25.2 Å². The van der Waals surface area contributed by atoms with Gasteiger partial charge in [0.2, 0.25) is 0 Å². The van der Waals surface area contributed by atoms with Gasteiger partial charge < -0.3 is 10.2 Å². The van der Waals surface area contributed by atoms with Crippen LogP contribution >= 0.6 is 11.6 Å². The lowest BCUT2D eigenvalue weighted by atomic mass is 9.94. The average molecular weight is 250 g/mol. The predicted molar refractivity (Wildman–Crippen MR) is 70.4 cm³/mol. The molecule has 1 heterocycles. The van der Waals surface area contributed by atoms with E-state index in [0.717, 1.165) is 23.3 Å². The van der Waals surface area contributed by atoms with Crippen molar-refractivity contribution in [1.82, 2.24) is 0 Å². The van der Waals surface area contributed by atoms with Crippen molar-refractivity contribution in [3.8, 4) is 0 Å². The molecule has 0 aliphatic heterocycles. The first-order valence-electron chi connectivity index (χ1n) is 6.17. The second-order valence-electron chi connectivity index (χ2n) is 4.84. The molecule has 2 unspecified atom stereocenters. The molecule has 0 radical (unpaired) electrons. The molecule has 0 bridgehead atoms. The SMILES string of the molecule is NCC1CCCC1c1cc2cccc(Cl)c2o1. The zero-order valence-corrected chi connectivity index (χ0v) is 10.4. The van der Waals surface area contributed by atoms with E-state index in [1.807, 2.05) is 18.2 Å². The van der Waals surface area contributed by atoms with E-state index in [9.17, 15) is 0 Å². The van der Waals surface area contributed by atoms with Crippen molar-refractivity contribution in [3.05, 3.63) is 35.0 Å². The third-order valence-electron chi connectivity index (χ3n) is 3.84. The Hall–Kier alpha value is -0.990. The number of para-hydroxylation sites is 1. The fraction of sp³-hybridized carbons (Fsp3) is 0.429. The zero-order chi connectivity index (χ0) is 11.8. The summed E-state index contributed by atoms with van der Waals surface area (Å²) < 4.78 is 5.93. The van der Waals surface area contributed by atoms with Crippen LogP contribution in [0.15, 0.2) is 28.7 Å². The average Bonchev–Trinajstić information content (AvgIpc) is 2.94. The minimum absolute atomic E-state index is 0.475. The lowest BCUT2D eigenvalue weighted by molar-refractivity contribution is 0.416. The van der Waals surface area contributed by atoms with E-state index < -0.39 is 0 Å². The number of nitrogens with two attached hydrogens (primary N) is 1. The number of fused-ring (bicyclic) bond motifs is 1. The Morgan fingerprint density at radius 2 is 2.24 bits per heavy atom. The summed E-state index contributed by atoms with van der Waals surface area (Å²) in [6, 6.07) is 7.99. The lowest BCUT2D eigenvalue weighted by Crippen LogP contribution is -2.16. The highest BCUT2D eigenvalue weighted by Gasteiger charge is 2.30. The Morgan fingerprint density at radius 3 is 3.00 bits per heavy atom. The molecule has 0 amide bonds. The van der Waals surface area contributed by atoms with Crippen LogP contribution in [-0.2, 0) is 0 Å². The van der Waals surface area contributed by atoms with Crippen LogP contribution in [0.25, 0.3) is 11.0 Å². The molecule has 0 spiro atoms. The zero-order valence-electron chi connectivity index (χ0n) is 9.66. The van der Waals surface area contributed by atoms with Crippen LogP contribution < -0.4 is 5.73 Å². The number of furan rings is 1. The van der Waals surface area contributed by atoms with E-state index in [-0.39, 0.29) is 0 Å². The van der Waals surface area contributed by atoms with E-state index in [2.05, 4.69) is 6.07 Å². The van der Waals surface area contributed by atoms with Crippen LogP contribution in [0.5, 0.6) is 0 Å². The topological polar surface area (TPSA) is 39.2 Å². The van der Waals surface area contributed by atoms with Crippen molar-refractivity contribution in [2.24, 2.45) is 11.7 Å². The molecule has 3 heteroatoms. The van der Waals surface area contributed by atoms with Gasteiger partial charge in [-0.3, -0.25) is 0 Å². The molecule has 2 N–H and O–H groups in total. The van der Waals surface area contributed by atoms with Crippen LogP contribution in [0.2, 0.25) is 5.02 Å². The van der Waals surface area contributed by atoms with Crippen LogP contribution in [0.1, 0.15) is 30.9 Å². The highest BCUT2D eigenvalue weighted by atomic mass is 35.5. The Bertz CT molecular complexity index is 534. The van der Waals surface area contributed by atoms with Crippen molar-refractivity contribution >= 4 is 22.6 Å². The molecule has 1 aromatic heterocycles. The third kappa shape index (κ3) is 1.85. The highest BCUT2D eigenvalue weighted by molar-refractivity contribution is 6.34. The minimum atomic E-state index is 0.475. The van der Waals surface area contributed by atoms with Gasteiger partial charge in [-0.15, -0.1) is 0 Å². The summed E-state index contributed by atoms with van der Waals surface area (Å²) >= 11 is 6.13. The normalized spacial score (nSPS) is 24.6. The van der Waals surface area contributed by atoms with Gasteiger partial charge in [0.15, 0.2) is 5.58 Å². The van der Waals surface area contributed by atoms with Crippen LogP contribution in [-0.4, -0.2) is 6.54 Å². The number of hydrogen-bond acceptors (Lipinski definition) is 2. The molecule has 1 aliphatic carbocycles. The second kappa shape index (κ2) is 4.35. The molecule has 90 valence electrons. The Labute approximate surface area is 106 Å². The van der Waals surface area contributed by atoms with Crippen molar-refractivity contribution < 1.29 is 4.42 Å². The van der Waals surface area contributed by atoms with Gasteiger partial charge >= 0.3 is 0 Å². The Morgan fingerprint density at radius 1 is 1.35 bits per heavy atom. The number of halogens is 1. The van der Waals surface area contributed by atoms with E-state index in [0.29, 0.717) is 16.9 Å². The van der Waals surface area contributed by atoms with Gasteiger partial charge in [-0.25, -0.2) is 0 Å². The maximum Gasteiger partial charge on any atom is 0.152 e. The number of rotatable bonds is 2. The molecule has 2 nitrogen and oxygen atoms in total. The van der Waals surface area contributed by atoms with E-state index in [4.69, 9.17) is 21.8 Å². The standard InChI is InChI=1S/C14H16ClNO/c15-12-6-2-3-9-7-13(17-14(9)12)11-5-1-4-10(11)8-16/h2-3,6-7,10-11H,1,4-5,8,16H2. The first-order valence-corrected chi connectivity index (χ1v) is 6.55. The fourth-order valence-electron chi connectivity index (χ4n) is 2.92. The maximum absolute atomic E-state index is 6.13. The molecule has 2 atom stereocenters. The van der Waals surface area contributed by atoms with Crippen LogP contribution in [0.3, 0.4) is 0 Å². The summed E-state index contributed by atoms with van der Waals surface area (Å²) in [6.07, 6.45) is 3.64. The predicted octanol–water partition coefficient (Wildman–Crippen LogP) is 3.93. The van der Waals surface area contributed by atoms with E-state index >= 15 is 0 Å². The smallest absolute Gasteiger partial charge is 0.152 e. The van der Waals surface area contributed by atoms with Gasteiger partial charge in [-0.05, 0) is 37.4 Å². The van der Waals surface area contributed by atoms with Crippen molar-refractivity contribution in [2.75, 3.05) is 6.54 Å². The summed E-state index contributed by atoms with van der Waals surface area (Å²) in [6.45, 7) is 0.745. The third-order valence-corrected chi connectivity index (χ3v) is 4.14. The molecule has 1 aromatic carbocycles. The fourth-order valence-corrected chi connectivity index (χ4v) is 3.14.